The van der Waals surface area contributed by atoms with Crippen molar-refractivity contribution in [2.75, 3.05) is 13.2 Å². The number of carbonyl (C=O) groups excluding carboxylic acids is 3. The summed E-state index contributed by atoms with van der Waals surface area (Å²) < 4.78 is 16.7. The van der Waals surface area contributed by atoms with Crippen molar-refractivity contribution in [3.63, 3.8) is 0 Å². The van der Waals surface area contributed by atoms with Crippen LogP contribution in [0.3, 0.4) is 0 Å². The van der Waals surface area contributed by atoms with Crippen LogP contribution in [0.15, 0.2) is 0 Å². The van der Waals surface area contributed by atoms with E-state index in [1.54, 1.807) is 0 Å². The first-order valence-corrected chi connectivity index (χ1v) is 22.3. The van der Waals surface area contributed by atoms with Crippen LogP contribution in [0.5, 0.6) is 0 Å². The molecule has 0 aromatic heterocycles. The molecule has 302 valence electrons. The molecule has 0 saturated heterocycles. The molecule has 0 aliphatic heterocycles. The summed E-state index contributed by atoms with van der Waals surface area (Å²) in [6.07, 6.45) is 35.1. The number of esters is 3. The summed E-state index contributed by atoms with van der Waals surface area (Å²) in [6.45, 7) is 11.3. The molecule has 51 heavy (non-hydrogen) atoms. The van der Waals surface area contributed by atoms with E-state index < -0.39 is 6.10 Å². The van der Waals surface area contributed by atoms with Gasteiger partial charge in [-0.05, 0) is 31.1 Å². The van der Waals surface area contributed by atoms with E-state index in [1.807, 2.05) is 0 Å². The number of rotatable bonds is 39. The molecule has 6 nitrogen and oxygen atoms in total. The lowest BCUT2D eigenvalue weighted by atomic mass is 9.99. The smallest absolute Gasteiger partial charge is 0.306 e. The van der Waals surface area contributed by atoms with Gasteiger partial charge in [0, 0.05) is 19.3 Å². The van der Waals surface area contributed by atoms with Gasteiger partial charge in [-0.2, -0.15) is 0 Å². The maximum atomic E-state index is 12.7. The summed E-state index contributed by atoms with van der Waals surface area (Å²) in [5, 5.41) is 0. The molecule has 0 aliphatic carbocycles. The van der Waals surface area contributed by atoms with E-state index >= 15 is 0 Å². The molecule has 0 aromatic rings. The van der Waals surface area contributed by atoms with E-state index in [1.165, 1.54) is 128 Å². The zero-order chi connectivity index (χ0) is 37.6. The highest BCUT2D eigenvalue weighted by Gasteiger charge is 2.19. The van der Waals surface area contributed by atoms with Gasteiger partial charge in [0.1, 0.15) is 13.2 Å². The normalized spacial score (nSPS) is 13.1. The van der Waals surface area contributed by atoms with Crippen molar-refractivity contribution in [2.24, 2.45) is 11.8 Å². The number of carbonyl (C=O) groups is 3. The van der Waals surface area contributed by atoms with Gasteiger partial charge >= 0.3 is 17.9 Å². The van der Waals surface area contributed by atoms with Gasteiger partial charge in [-0.3, -0.25) is 14.4 Å². The summed E-state index contributed by atoms with van der Waals surface area (Å²) in [7, 11) is 0. The van der Waals surface area contributed by atoms with E-state index in [9.17, 15) is 14.4 Å². The minimum Gasteiger partial charge on any atom is -0.462 e. The zero-order valence-electron chi connectivity index (χ0n) is 34.7. The van der Waals surface area contributed by atoms with Crippen LogP contribution in [-0.2, 0) is 28.6 Å². The van der Waals surface area contributed by atoms with Crippen LogP contribution in [0.1, 0.15) is 240 Å². The van der Waals surface area contributed by atoms with Gasteiger partial charge < -0.3 is 14.2 Å². The van der Waals surface area contributed by atoms with Crippen molar-refractivity contribution in [3.05, 3.63) is 0 Å². The molecular formula is C45H86O6. The second kappa shape index (κ2) is 38.1. The molecule has 0 fully saturated rings. The molecule has 0 saturated carbocycles. The third-order valence-corrected chi connectivity index (χ3v) is 10.7. The number of unbranched alkanes of at least 4 members (excludes halogenated alkanes) is 22. The Balaban J connectivity index is 4.31. The Labute approximate surface area is 317 Å². The zero-order valence-corrected chi connectivity index (χ0v) is 34.7. The monoisotopic (exact) mass is 723 g/mol. The van der Waals surface area contributed by atoms with Gasteiger partial charge in [0.15, 0.2) is 6.10 Å². The van der Waals surface area contributed by atoms with Gasteiger partial charge in [0.25, 0.3) is 0 Å². The van der Waals surface area contributed by atoms with Crippen LogP contribution in [0.2, 0.25) is 0 Å². The molecular weight excluding hydrogens is 636 g/mol. The van der Waals surface area contributed by atoms with Crippen molar-refractivity contribution in [3.8, 4) is 0 Å². The minimum absolute atomic E-state index is 0.0659. The predicted molar refractivity (Wildman–Crippen MR) is 215 cm³/mol. The summed E-state index contributed by atoms with van der Waals surface area (Å²) >= 11 is 0. The maximum Gasteiger partial charge on any atom is 0.306 e. The van der Waals surface area contributed by atoms with Crippen molar-refractivity contribution < 1.29 is 28.6 Å². The summed E-state index contributed by atoms with van der Waals surface area (Å²) in [4.78, 5) is 37.6. The Hall–Kier alpha value is -1.59. The molecule has 0 aromatic carbocycles. The fourth-order valence-corrected chi connectivity index (χ4v) is 6.51. The van der Waals surface area contributed by atoms with E-state index in [2.05, 4.69) is 34.6 Å². The van der Waals surface area contributed by atoms with Gasteiger partial charge in [-0.15, -0.1) is 0 Å². The predicted octanol–water partition coefficient (Wildman–Crippen LogP) is 13.8. The molecule has 0 heterocycles. The van der Waals surface area contributed by atoms with E-state index in [-0.39, 0.29) is 31.1 Å². The molecule has 0 amide bonds. The van der Waals surface area contributed by atoms with Crippen molar-refractivity contribution in [1.82, 2.24) is 0 Å². The summed E-state index contributed by atoms with van der Waals surface area (Å²) in [6, 6.07) is 0. The number of hydrogen-bond acceptors (Lipinski definition) is 6. The minimum atomic E-state index is -0.759. The van der Waals surface area contributed by atoms with Crippen molar-refractivity contribution in [1.29, 1.82) is 0 Å². The molecule has 0 rings (SSSR count). The standard InChI is InChI=1S/C45H86O6/c1-6-9-10-11-18-25-30-35-43(46)49-38-42(39-50-44(47)36-31-26-21-17-16-20-24-29-34-41(5)8-3)51-45(48)37-32-27-22-15-13-12-14-19-23-28-33-40(4)7-2/h40-42H,6-39H2,1-5H3/t40?,41?,42-/m1/s1. The first-order valence-electron chi connectivity index (χ1n) is 22.3. The second-order valence-electron chi connectivity index (χ2n) is 15.8. The van der Waals surface area contributed by atoms with Crippen LogP contribution >= 0.6 is 0 Å². The molecule has 2 unspecified atom stereocenters. The fourth-order valence-electron chi connectivity index (χ4n) is 6.51. The second-order valence-corrected chi connectivity index (χ2v) is 15.8. The van der Waals surface area contributed by atoms with E-state index in [0.29, 0.717) is 19.3 Å². The lowest BCUT2D eigenvalue weighted by Crippen LogP contribution is -2.30. The highest BCUT2D eigenvalue weighted by atomic mass is 16.6. The van der Waals surface area contributed by atoms with Crippen LogP contribution in [-0.4, -0.2) is 37.2 Å². The van der Waals surface area contributed by atoms with Gasteiger partial charge in [0.05, 0.1) is 0 Å². The SMILES string of the molecule is CCCCCCCCCC(=O)OC[C@H](COC(=O)CCCCCCCCCCC(C)CC)OC(=O)CCCCCCCCCCCCC(C)CC. The van der Waals surface area contributed by atoms with Crippen LogP contribution in [0, 0.1) is 11.8 Å². The summed E-state index contributed by atoms with van der Waals surface area (Å²) in [5.74, 6) is 0.849. The van der Waals surface area contributed by atoms with Crippen LogP contribution in [0.25, 0.3) is 0 Å². The van der Waals surface area contributed by atoms with Crippen molar-refractivity contribution in [2.45, 2.75) is 246 Å². The molecule has 6 heteroatoms. The largest absolute Gasteiger partial charge is 0.462 e. The molecule has 0 spiro atoms. The highest BCUT2D eigenvalue weighted by molar-refractivity contribution is 5.71. The Morgan fingerprint density at radius 1 is 0.392 bits per heavy atom. The summed E-state index contributed by atoms with van der Waals surface area (Å²) in [5.41, 5.74) is 0. The van der Waals surface area contributed by atoms with Crippen LogP contribution < -0.4 is 0 Å². The lowest BCUT2D eigenvalue weighted by Gasteiger charge is -2.18. The average molecular weight is 723 g/mol. The first kappa shape index (κ1) is 49.4. The highest BCUT2D eigenvalue weighted by Crippen LogP contribution is 2.17. The molecule has 0 radical (unpaired) electrons. The first-order chi connectivity index (χ1) is 24.8. The van der Waals surface area contributed by atoms with E-state index in [4.69, 9.17) is 14.2 Å². The Kier molecular flexibility index (Phi) is 37.0. The van der Waals surface area contributed by atoms with Crippen molar-refractivity contribution >= 4 is 17.9 Å². The van der Waals surface area contributed by atoms with Gasteiger partial charge in [-0.1, -0.05) is 202 Å². The molecule has 0 bridgehead atoms. The maximum absolute atomic E-state index is 12.7. The molecule has 0 aliphatic rings. The number of hydrogen-bond donors (Lipinski definition) is 0. The average Bonchev–Trinajstić information content (AvgIpc) is 3.13. The van der Waals surface area contributed by atoms with Gasteiger partial charge in [-0.25, -0.2) is 0 Å². The number of ether oxygens (including phenoxy) is 3. The molecule has 3 atom stereocenters. The van der Waals surface area contributed by atoms with E-state index in [0.717, 1.165) is 69.6 Å². The Morgan fingerprint density at radius 2 is 0.686 bits per heavy atom. The third-order valence-electron chi connectivity index (χ3n) is 10.7. The Bertz CT molecular complexity index is 783. The quantitative estimate of drug-likeness (QED) is 0.0357. The van der Waals surface area contributed by atoms with Gasteiger partial charge in [0.2, 0.25) is 0 Å². The fraction of sp³-hybridized carbons (Fsp3) is 0.933. The molecule has 0 N–H and O–H groups in total. The Morgan fingerprint density at radius 3 is 1.02 bits per heavy atom. The lowest BCUT2D eigenvalue weighted by molar-refractivity contribution is -0.167. The third kappa shape index (κ3) is 36.6. The van der Waals surface area contributed by atoms with Crippen LogP contribution in [0.4, 0.5) is 0 Å². The topological polar surface area (TPSA) is 78.9 Å².